The van der Waals surface area contributed by atoms with Crippen LogP contribution in [0.15, 0.2) is 77.8 Å². The molecule has 0 aliphatic rings. The Morgan fingerprint density at radius 3 is 2.43 bits per heavy atom. The summed E-state index contributed by atoms with van der Waals surface area (Å²) >= 11 is 0. The van der Waals surface area contributed by atoms with Gasteiger partial charge in [-0.3, -0.25) is 4.98 Å². The number of aliphatic hydroxyl groups excluding tert-OH is 1. The average molecular weight is 589 g/mol. The second kappa shape index (κ2) is 12.7. The number of anilines is 1. The summed E-state index contributed by atoms with van der Waals surface area (Å²) in [6, 6.07) is 20.1. The fraction of sp³-hybridized carbons (Fsp3) is 0.250. The van der Waals surface area contributed by atoms with Crippen molar-refractivity contribution in [1.82, 2.24) is 9.71 Å². The molecule has 10 heteroatoms. The van der Waals surface area contributed by atoms with E-state index in [0.717, 1.165) is 5.56 Å². The molecule has 0 amide bonds. The molecule has 0 saturated carbocycles. The highest BCUT2D eigenvalue weighted by atomic mass is 32.2. The van der Waals surface area contributed by atoms with E-state index >= 15 is 4.39 Å². The molecule has 0 bridgehead atoms. The van der Waals surface area contributed by atoms with Gasteiger partial charge in [0.2, 0.25) is 10.0 Å². The lowest BCUT2D eigenvalue weighted by atomic mass is 10.0. The third kappa shape index (κ3) is 7.31. The van der Waals surface area contributed by atoms with E-state index in [1.54, 1.807) is 88.5 Å². The molecular formula is C32H33FN4O4S. The molecule has 0 aliphatic heterocycles. The van der Waals surface area contributed by atoms with E-state index in [4.69, 9.17) is 10.00 Å². The Labute approximate surface area is 245 Å². The Balaban J connectivity index is 1.58. The largest absolute Gasteiger partial charge is 0.487 e. The molecule has 0 fully saturated rings. The predicted octanol–water partition coefficient (Wildman–Crippen LogP) is 5.83. The summed E-state index contributed by atoms with van der Waals surface area (Å²) in [4.78, 5) is 4.39. The maximum atomic E-state index is 15.4. The molecule has 0 atom stereocenters. The van der Waals surface area contributed by atoms with Crippen LogP contribution in [-0.2, 0) is 29.8 Å². The third-order valence-electron chi connectivity index (χ3n) is 6.39. The zero-order chi connectivity index (χ0) is 30.5. The number of nitrogens with one attached hydrogen (secondary N) is 2. The minimum Gasteiger partial charge on any atom is -0.487 e. The number of aliphatic hydroxyl groups is 1. The highest BCUT2D eigenvalue weighted by Crippen LogP contribution is 2.32. The fourth-order valence-electron chi connectivity index (χ4n) is 4.44. The monoisotopic (exact) mass is 588 g/mol. The van der Waals surface area contributed by atoms with Crippen LogP contribution in [0.3, 0.4) is 0 Å². The molecule has 0 radical (unpaired) electrons. The molecule has 4 aromatic rings. The van der Waals surface area contributed by atoms with E-state index in [-0.39, 0.29) is 30.3 Å². The Kier molecular flexibility index (Phi) is 9.27. The van der Waals surface area contributed by atoms with Gasteiger partial charge in [-0.25, -0.2) is 17.5 Å². The number of hydrogen-bond donors (Lipinski definition) is 3. The van der Waals surface area contributed by atoms with Crippen molar-refractivity contribution in [2.75, 3.05) is 5.32 Å². The molecule has 8 nitrogen and oxygen atoms in total. The van der Waals surface area contributed by atoms with Crippen LogP contribution in [0.25, 0.3) is 11.1 Å². The molecule has 1 heterocycles. The third-order valence-corrected chi connectivity index (χ3v) is 8.21. The number of hydrogen-bond acceptors (Lipinski definition) is 7. The zero-order valence-electron chi connectivity index (χ0n) is 23.9. The van der Waals surface area contributed by atoms with Crippen LogP contribution in [0.1, 0.15) is 48.7 Å². The van der Waals surface area contributed by atoms with Crippen molar-refractivity contribution in [1.29, 1.82) is 5.26 Å². The molecule has 218 valence electrons. The summed E-state index contributed by atoms with van der Waals surface area (Å²) in [5.74, 6) is -0.0965. The Bertz CT molecular complexity index is 1730. The lowest BCUT2D eigenvalue weighted by Crippen LogP contribution is -2.40. The quantitative estimate of drug-likeness (QED) is 0.213. The molecule has 42 heavy (non-hydrogen) atoms. The van der Waals surface area contributed by atoms with Crippen LogP contribution in [0.5, 0.6) is 5.75 Å². The Morgan fingerprint density at radius 2 is 1.79 bits per heavy atom. The molecule has 3 N–H and O–H groups in total. The van der Waals surface area contributed by atoms with E-state index in [1.165, 1.54) is 12.1 Å². The van der Waals surface area contributed by atoms with Crippen molar-refractivity contribution in [3.63, 3.8) is 0 Å². The molecule has 3 aromatic carbocycles. The van der Waals surface area contributed by atoms with Gasteiger partial charge in [-0.15, -0.1) is 0 Å². The first-order valence-corrected chi connectivity index (χ1v) is 14.8. The summed E-state index contributed by atoms with van der Waals surface area (Å²) in [7, 11) is -3.86. The number of ether oxygens (including phenoxy) is 1. The van der Waals surface area contributed by atoms with Gasteiger partial charge < -0.3 is 15.2 Å². The maximum absolute atomic E-state index is 15.4. The summed E-state index contributed by atoms with van der Waals surface area (Å²) in [5.41, 5.74) is 3.47. The number of halogens is 1. The van der Waals surface area contributed by atoms with Gasteiger partial charge in [0.05, 0.1) is 34.5 Å². The topological polar surface area (TPSA) is 124 Å². The van der Waals surface area contributed by atoms with Crippen molar-refractivity contribution >= 4 is 15.7 Å². The van der Waals surface area contributed by atoms with Crippen molar-refractivity contribution in [3.05, 3.63) is 107 Å². The van der Waals surface area contributed by atoms with E-state index in [0.29, 0.717) is 39.3 Å². The SMILES string of the molecule is Cc1ncc(CO)c(CNc2ccc(-c3ccccc3S(=O)(=O)NC(C)(C)C)cc2F)c1OCc1ccc(C#N)cc1. The number of aryl methyl sites for hydroxylation is 1. The minimum absolute atomic E-state index is 0.0592. The Morgan fingerprint density at radius 1 is 1.07 bits per heavy atom. The first kappa shape index (κ1) is 30.7. The smallest absolute Gasteiger partial charge is 0.241 e. The van der Waals surface area contributed by atoms with Gasteiger partial charge in [0.25, 0.3) is 0 Å². The summed E-state index contributed by atoms with van der Waals surface area (Å²) in [6.45, 7) is 7.11. The standard InChI is InChI=1S/C32H33FN4O4S/c1-21-31(41-20-23-11-9-22(16-34)10-12-23)27(25(19-38)17-35-21)18-36-29-14-13-24(15-28(29)33)26-7-5-6-8-30(26)42(39,40)37-32(2,3)4/h5-15,17,36-38H,18-20H2,1-4H3. The van der Waals surface area contributed by atoms with E-state index < -0.39 is 21.4 Å². The molecular weight excluding hydrogens is 555 g/mol. The Hall–Kier alpha value is -4.30. The first-order valence-electron chi connectivity index (χ1n) is 13.3. The average Bonchev–Trinajstić information content (AvgIpc) is 2.95. The maximum Gasteiger partial charge on any atom is 0.241 e. The predicted molar refractivity (Wildman–Crippen MR) is 160 cm³/mol. The van der Waals surface area contributed by atoms with Crippen molar-refractivity contribution in [2.45, 2.75) is 57.9 Å². The second-order valence-corrected chi connectivity index (χ2v) is 12.5. The number of pyridine rings is 1. The van der Waals surface area contributed by atoms with Crippen molar-refractivity contribution in [3.8, 4) is 22.9 Å². The van der Waals surface area contributed by atoms with Gasteiger partial charge >= 0.3 is 0 Å². The number of nitrogens with zero attached hydrogens (tertiary/aromatic N) is 2. The van der Waals surface area contributed by atoms with Crippen molar-refractivity contribution in [2.24, 2.45) is 0 Å². The lowest BCUT2D eigenvalue weighted by molar-refractivity contribution is 0.273. The van der Waals surface area contributed by atoms with E-state index in [2.05, 4.69) is 21.1 Å². The minimum atomic E-state index is -3.86. The van der Waals surface area contributed by atoms with Crippen LogP contribution < -0.4 is 14.8 Å². The van der Waals surface area contributed by atoms with Gasteiger partial charge in [-0.1, -0.05) is 36.4 Å². The van der Waals surface area contributed by atoms with Gasteiger partial charge in [0, 0.05) is 35.0 Å². The van der Waals surface area contributed by atoms with Crippen LogP contribution in [0.2, 0.25) is 0 Å². The van der Waals surface area contributed by atoms with Crippen LogP contribution in [0, 0.1) is 24.1 Å². The van der Waals surface area contributed by atoms with Crippen LogP contribution in [0.4, 0.5) is 10.1 Å². The highest BCUT2D eigenvalue weighted by Gasteiger charge is 2.25. The summed E-state index contributed by atoms with van der Waals surface area (Å²) in [6.07, 6.45) is 1.56. The zero-order valence-corrected chi connectivity index (χ0v) is 24.7. The summed E-state index contributed by atoms with van der Waals surface area (Å²) in [5, 5.41) is 22.1. The lowest BCUT2D eigenvalue weighted by Gasteiger charge is -2.22. The normalized spacial score (nSPS) is 11.6. The number of sulfonamides is 1. The fourth-order valence-corrected chi connectivity index (χ4v) is 6.08. The molecule has 0 unspecified atom stereocenters. The van der Waals surface area contributed by atoms with Gasteiger partial charge in [-0.05, 0) is 69.2 Å². The summed E-state index contributed by atoms with van der Waals surface area (Å²) < 4.78 is 50.3. The molecule has 0 saturated heterocycles. The molecule has 4 rings (SSSR count). The second-order valence-electron chi connectivity index (χ2n) is 10.8. The number of aromatic nitrogens is 1. The van der Waals surface area contributed by atoms with Gasteiger partial charge in [0.1, 0.15) is 18.2 Å². The van der Waals surface area contributed by atoms with Crippen LogP contribution in [-0.4, -0.2) is 24.0 Å². The first-order chi connectivity index (χ1) is 19.9. The van der Waals surface area contributed by atoms with E-state index in [1.807, 2.05) is 0 Å². The number of nitriles is 1. The molecule has 0 spiro atoms. The number of benzene rings is 3. The van der Waals surface area contributed by atoms with Crippen LogP contribution >= 0.6 is 0 Å². The van der Waals surface area contributed by atoms with E-state index in [9.17, 15) is 13.5 Å². The highest BCUT2D eigenvalue weighted by molar-refractivity contribution is 7.89. The molecule has 1 aromatic heterocycles. The van der Waals surface area contributed by atoms with Crippen molar-refractivity contribution < 1.29 is 22.7 Å². The number of rotatable bonds is 10. The molecule has 0 aliphatic carbocycles. The van der Waals surface area contributed by atoms with Gasteiger partial charge in [-0.2, -0.15) is 5.26 Å². The van der Waals surface area contributed by atoms with Gasteiger partial charge in [0.15, 0.2) is 0 Å².